The van der Waals surface area contributed by atoms with Crippen molar-refractivity contribution in [3.63, 3.8) is 0 Å². The normalized spacial score (nSPS) is 26.3. The highest BCUT2D eigenvalue weighted by molar-refractivity contribution is 5.66. The van der Waals surface area contributed by atoms with Gasteiger partial charge in [-0.15, -0.1) is 0 Å². The average molecular weight is 246 g/mol. The van der Waals surface area contributed by atoms with E-state index in [1.807, 2.05) is 30.3 Å². The molecule has 1 aromatic carbocycles. The molecule has 0 bridgehead atoms. The van der Waals surface area contributed by atoms with E-state index >= 15 is 0 Å². The molecule has 1 saturated carbocycles. The molecule has 0 radical (unpaired) electrons. The fourth-order valence-corrected chi connectivity index (χ4v) is 2.56. The maximum Gasteiger partial charge on any atom is 0.201 e. The topological polar surface area (TPSA) is 27.7 Å². The van der Waals surface area contributed by atoms with Crippen molar-refractivity contribution in [2.24, 2.45) is 0 Å². The van der Waals surface area contributed by atoms with E-state index in [1.165, 1.54) is 0 Å². The van der Waals surface area contributed by atoms with Crippen LogP contribution in [0.1, 0.15) is 31.2 Å². The molecule has 1 aliphatic carbocycles. The third-order valence-corrected chi connectivity index (χ3v) is 3.71. The lowest BCUT2D eigenvalue weighted by Crippen LogP contribution is -2.43. The van der Waals surface area contributed by atoms with Crippen LogP contribution in [0.5, 0.6) is 0 Å². The van der Waals surface area contributed by atoms with Gasteiger partial charge in [0.15, 0.2) is 0 Å². The van der Waals surface area contributed by atoms with Crippen LogP contribution < -0.4 is 0 Å². The number of hydrogen-bond donors (Lipinski definition) is 0. The molecule has 1 saturated heterocycles. The molecule has 0 amide bonds. The predicted molar refractivity (Wildman–Crippen MR) is 68.6 cm³/mol. The Bertz CT molecular complexity index is 411. The fourth-order valence-electron chi connectivity index (χ4n) is 2.56. The summed E-state index contributed by atoms with van der Waals surface area (Å²) in [4.78, 5) is 11.0. The molecule has 1 unspecified atom stereocenters. The molecule has 3 rings (SSSR count). The highest BCUT2D eigenvalue weighted by Gasteiger charge is 2.42. The first-order valence-corrected chi connectivity index (χ1v) is 6.52. The molecule has 1 heterocycles. The van der Waals surface area contributed by atoms with E-state index in [-0.39, 0.29) is 6.10 Å². The molecular formula is C15H18O3. The summed E-state index contributed by atoms with van der Waals surface area (Å²) in [6, 6.07) is 10.0. The number of rotatable bonds is 2. The summed E-state index contributed by atoms with van der Waals surface area (Å²) >= 11 is 0. The zero-order valence-electron chi connectivity index (χ0n) is 10.4. The zero-order valence-corrected chi connectivity index (χ0v) is 10.4. The van der Waals surface area contributed by atoms with Gasteiger partial charge >= 0.3 is 0 Å². The first-order valence-electron chi connectivity index (χ1n) is 6.52. The summed E-state index contributed by atoms with van der Waals surface area (Å²) in [5.41, 5.74) is 1.97. The number of ether oxygens (including phenoxy) is 1. The average Bonchev–Trinajstić information content (AvgIpc) is 2.88. The zero-order chi connectivity index (χ0) is 12.4. The van der Waals surface area contributed by atoms with Crippen molar-refractivity contribution in [3.05, 3.63) is 42.5 Å². The van der Waals surface area contributed by atoms with Crippen molar-refractivity contribution in [1.82, 2.24) is 0 Å². The molecule has 3 heteroatoms. The van der Waals surface area contributed by atoms with Crippen LogP contribution in [0.15, 0.2) is 36.9 Å². The minimum absolute atomic E-state index is 0.210. The van der Waals surface area contributed by atoms with E-state index in [4.69, 9.17) is 14.5 Å². The van der Waals surface area contributed by atoms with E-state index in [0.29, 0.717) is 6.61 Å². The Morgan fingerprint density at radius 1 is 1.17 bits per heavy atom. The molecule has 1 aliphatic heterocycles. The summed E-state index contributed by atoms with van der Waals surface area (Å²) in [6.07, 6.45) is 3.94. The minimum atomic E-state index is -0.479. The number of hydrogen-bond acceptors (Lipinski definition) is 3. The summed E-state index contributed by atoms with van der Waals surface area (Å²) in [5.74, 6) is -0.479. The Morgan fingerprint density at radius 3 is 2.50 bits per heavy atom. The molecular weight excluding hydrogens is 228 g/mol. The third-order valence-electron chi connectivity index (χ3n) is 3.71. The maximum atomic E-state index is 5.87. The van der Waals surface area contributed by atoms with Crippen molar-refractivity contribution in [2.75, 3.05) is 6.61 Å². The fraction of sp³-hybridized carbons (Fsp3) is 0.467. The molecule has 1 spiro atoms. The molecule has 2 fully saturated rings. The Hall–Kier alpha value is -1.16. The summed E-state index contributed by atoms with van der Waals surface area (Å²) in [6.45, 7) is 4.60. The van der Waals surface area contributed by atoms with Gasteiger partial charge in [-0.2, -0.15) is 0 Å². The van der Waals surface area contributed by atoms with Gasteiger partial charge in [-0.3, -0.25) is 0 Å². The molecule has 1 aromatic rings. The van der Waals surface area contributed by atoms with E-state index in [2.05, 4.69) is 6.58 Å². The van der Waals surface area contributed by atoms with Crippen molar-refractivity contribution in [2.45, 2.75) is 37.6 Å². The maximum absolute atomic E-state index is 5.87. The highest BCUT2D eigenvalue weighted by Crippen LogP contribution is 2.38. The Morgan fingerprint density at radius 2 is 1.89 bits per heavy atom. The van der Waals surface area contributed by atoms with Crippen molar-refractivity contribution < 1.29 is 14.5 Å². The van der Waals surface area contributed by atoms with Crippen LogP contribution >= 0.6 is 0 Å². The lowest BCUT2D eigenvalue weighted by atomic mass is 10.0. The van der Waals surface area contributed by atoms with Gasteiger partial charge in [-0.25, -0.2) is 9.78 Å². The smallest absolute Gasteiger partial charge is 0.201 e. The van der Waals surface area contributed by atoms with Crippen LogP contribution in [0.4, 0.5) is 0 Å². The molecule has 18 heavy (non-hydrogen) atoms. The van der Waals surface area contributed by atoms with Gasteiger partial charge in [0.05, 0.1) is 6.61 Å². The Kier molecular flexibility index (Phi) is 3.20. The van der Waals surface area contributed by atoms with Crippen LogP contribution in [-0.2, 0) is 14.5 Å². The van der Waals surface area contributed by atoms with Crippen molar-refractivity contribution >= 4 is 5.57 Å². The summed E-state index contributed by atoms with van der Waals surface area (Å²) < 4.78 is 5.87. The van der Waals surface area contributed by atoms with Gasteiger partial charge < -0.3 is 4.74 Å². The molecule has 1 atom stereocenters. The lowest BCUT2D eigenvalue weighted by molar-refractivity contribution is -0.475. The van der Waals surface area contributed by atoms with E-state index in [9.17, 15) is 0 Å². The molecule has 2 aliphatic rings. The van der Waals surface area contributed by atoms with Crippen molar-refractivity contribution in [3.8, 4) is 0 Å². The predicted octanol–water partition coefficient (Wildman–Crippen LogP) is 3.32. The Balaban J connectivity index is 1.64. The van der Waals surface area contributed by atoms with Gasteiger partial charge in [-0.05, 0) is 24.0 Å². The van der Waals surface area contributed by atoms with E-state index < -0.39 is 5.79 Å². The van der Waals surface area contributed by atoms with Gasteiger partial charge in [0.25, 0.3) is 0 Å². The van der Waals surface area contributed by atoms with Crippen LogP contribution in [0.2, 0.25) is 0 Å². The van der Waals surface area contributed by atoms with Crippen LogP contribution in [0.3, 0.4) is 0 Å². The SMILES string of the molecule is C=C(c1ccccc1)C1COC2(CCCC2)OO1. The molecule has 3 nitrogen and oxygen atoms in total. The van der Waals surface area contributed by atoms with Gasteiger partial charge in [0.1, 0.15) is 6.10 Å². The second-order valence-corrected chi connectivity index (χ2v) is 4.99. The quantitative estimate of drug-likeness (QED) is 0.749. The van der Waals surface area contributed by atoms with Crippen LogP contribution in [0.25, 0.3) is 5.57 Å². The third kappa shape index (κ3) is 2.21. The van der Waals surface area contributed by atoms with Gasteiger partial charge in [-0.1, -0.05) is 36.9 Å². The number of benzene rings is 1. The van der Waals surface area contributed by atoms with Gasteiger partial charge in [0, 0.05) is 12.8 Å². The Labute approximate surface area is 107 Å². The first-order chi connectivity index (χ1) is 8.79. The van der Waals surface area contributed by atoms with Crippen LogP contribution in [0, 0.1) is 0 Å². The second kappa shape index (κ2) is 4.84. The monoisotopic (exact) mass is 246 g/mol. The summed E-state index contributed by atoms with van der Waals surface area (Å²) in [5, 5.41) is 0. The summed E-state index contributed by atoms with van der Waals surface area (Å²) in [7, 11) is 0. The lowest BCUT2D eigenvalue weighted by Gasteiger charge is -2.36. The largest absolute Gasteiger partial charge is 0.344 e. The molecule has 0 N–H and O–H groups in total. The first kappa shape index (κ1) is 11.9. The molecule has 96 valence electrons. The minimum Gasteiger partial charge on any atom is -0.344 e. The van der Waals surface area contributed by atoms with Gasteiger partial charge in [0.2, 0.25) is 5.79 Å². The van der Waals surface area contributed by atoms with E-state index in [0.717, 1.165) is 36.8 Å². The van der Waals surface area contributed by atoms with Crippen molar-refractivity contribution in [1.29, 1.82) is 0 Å². The second-order valence-electron chi connectivity index (χ2n) is 4.99. The van der Waals surface area contributed by atoms with Crippen LogP contribution in [-0.4, -0.2) is 18.5 Å². The molecule has 0 aromatic heterocycles. The highest BCUT2D eigenvalue weighted by atomic mass is 17.2. The van der Waals surface area contributed by atoms with E-state index in [1.54, 1.807) is 0 Å². The standard InChI is InChI=1S/C15H18O3/c1-12(13-7-3-2-4-8-13)14-11-16-15(18-17-14)9-5-6-10-15/h2-4,7-8,14H,1,5-6,9-11H2.